The van der Waals surface area contributed by atoms with Crippen molar-refractivity contribution in [3.8, 4) is 5.88 Å². The Morgan fingerprint density at radius 1 is 1.61 bits per heavy atom. The van der Waals surface area contributed by atoms with Gasteiger partial charge in [0.2, 0.25) is 5.88 Å². The second-order valence-corrected chi connectivity index (χ2v) is 4.90. The van der Waals surface area contributed by atoms with E-state index in [2.05, 4.69) is 10.3 Å². The number of hydrogen-bond donors (Lipinski definition) is 1. The van der Waals surface area contributed by atoms with Gasteiger partial charge in [0.25, 0.3) is 5.91 Å². The Balaban J connectivity index is 2.00. The lowest BCUT2D eigenvalue weighted by molar-refractivity contribution is 0.0950. The van der Waals surface area contributed by atoms with Crippen LogP contribution in [0, 0.1) is 5.92 Å². The van der Waals surface area contributed by atoms with E-state index in [0.717, 1.165) is 12.3 Å². The summed E-state index contributed by atoms with van der Waals surface area (Å²) in [5, 5.41) is 2.60. The second-order valence-electron chi connectivity index (χ2n) is 4.90. The molecular weight excluding hydrogens is 228 g/mol. The van der Waals surface area contributed by atoms with E-state index in [0.29, 0.717) is 11.4 Å². The molecule has 1 fully saturated rings. The number of rotatable bonds is 5. The predicted octanol–water partition coefficient (Wildman–Crippen LogP) is 2.40. The molecule has 18 heavy (non-hydrogen) atoms. The van der Waals surface area contributed by atoms with Crippen molar-refractivity contribution < 1.29 is 9.53 Å². The Morgan fingerprint density at radius 3 is 3.00 bits per heavy atom. The third-order valence-corrected chi connectivity index (χ3v) is 3.45. The number of hydrogen-bond acceptors (Lipinski definition) is 3. The third kappa shape index (κ3) is 3.00. The molecule has 1 saturated carbocycles. The van der Waals surface area contributed by atoms with Gasteiger partial charge in [0.15, 0.2) is 0 Å². The van der Waals surface area contributed by atoms with Crippen LogP contribution in [0.1, 0.15) is 43.0 Å². The van der Waals surface area contributed by atoms with Gasteiger partial charge in [-0.05, 0) is 31.4 Å². The number of carbonyl (C=O) groups is 1. The van der Waals surface area contributed by atoms with E-state index in [1.165, 1.54) is 19.3 Å². The summed E-state index contributed by atoms with van der Waals surface area (Å²) in [5.74, 6) is 1.06. The van der Waals surface area contributed by atoms with E-state index in [9.17, 15) is 4.79 Å². The highest BCUT2D eigenvalue weighted by molar-refractivity contribution is 5.96. The molecule has 1 amide bonds. The summed E-state index contributed by atoms with van der Waals surface area (Å²) in [6.45, 7) is 2.04. The van der Waals surface area contributed by atoms with Crippen LogP contribution in [0.4, 0.5) is 0 Å². The van der Waals surface area contributed by atoms with Crippen molar-refractivity contribution in [2.45, 2.75) is 38.7 Å². The van der Waals surface area contributed by atoms with Crippen molar-refractivity contribution in [3.63, 3.8) is 0 Å². The first-order valence-electron chi connectivity index (χ1n) is 6.54. The molecule has 0 aromatic carbocycles. The van der Waals surface area contributed by atoms with E-state index in [1.54, 1.807) is 25.4 Å². The average molecular weight is 248 g/mol. The topological polar surface area (TPSA) is 51.2 Å². The summed E-state index contributed by atoms with van der Waals surface area (Å²) in [7, 11) is 1.61. The molecule has 4 nitrogen and oxygen atoms in total. The summed E-state index contributed by atoms with van der Waals surface area (Å²) in [6, 6.07) is 3.48. The van der Waals surface area contributed by atoms with Crippen LogP contribution in [0.25, 0.3) is 0 Å². The molecule has 1 aliphatic rings. The highest BCUT2D eigenvalue weighted by Crippen LogP contribution is 2.31. The Hall–Kier alpha value is -1.58. The zero-order valence-corrected chi connectivity index (χ0v) is 11.0. The van der Waals surface area contributed by atoms with Crippen LogP contribution in [-0.4, -0.2) is 24.0 Å². The van der Waals surface area contributed by atoms with Crippen molar-refractivity contribution in [3.05, 3.63) is 23.9 Å². The van der Waals surface area contributed by atoms with Crippen LogP contribution in [0.2, 0.25) is 0 Å². The molecular formula is C14H20N2O2. The molecule has 98 valence electrons. The van der Waals surface area contributed by atoms with Crippen LogP contribution in [0.15, 0.2) is 18.3 Å². The molecule has 1 aliphatic carbocycles. The fourth-order valence-electron chi connectivity index (χ4n) is 2.23. The van der Waals surface area contributed by atoms with Crippen molar-refractivity contribution >= 4 is 5.91 Å². The number of carbonyl (C=O) groups excluding carboxylic acids is 1. The van der Waals surface area contributed by atoms with Gasteiger partial charge in [-0.25, -0.2) is 4.98 Å². The highest BCUT2D eigenvalue weighted by atomic mass is 16.5. The average Bonchev–Trinajstić information content (AvgIpc) is 2.34. The van der Waals surface area contributed by atoms with Gasteiger partial charge in [-0.15, -0.1) is 0 Å². The van der Waals surface area contributed by atoms with Crippen LogP contribution in [-0.2, 0) is 0 Å². The SMILES string of the molecule is CNC(=O)c1cccnc1OC(C)CC1CCC1. The van der Waals surface area contributed by atoms with Gasteiger partial charge >= 0.3 is 0 Å². The van der Waals surface area contributed by atoms with Gasteiger partial charge in [-0.2, -0.15) is 0 Å². The van der Waals surface area contributed by atoms with Crippen LogP contribution >= 0.6 is 0 Å². The zero-order chi connectivity index (χ0) is 13.0. The molecule has 0 spiro atoms. The van der Waals surface area contributed by atoms with Crippen molar-refractivity contribution in [1.29, 1.82) is 0 Å². The Kier molecular flexibility index (Phi) is 4.18. The van der Waals surface area contributed by atoms with E-state index < -0.39 is 0 Å². The number of nitrogens with one attached hydrogen (secondary N) is 1. The van der Waals surface area contributed by atoms with E-state index >= 15 is 0 Å². The zero-order valence-electron chi connectivity index (χ0n) is 11.0. The standard InChI is InChI=1S/C14H20N2O2/c1-10(9-11-5-3-6-11)18-14-12(13(17)15-2)7-4-8-16-14/h4,7-8,10-11H,3,5-6,9H2,1-2H3,(H,15,17). The van der Waals surface area contributed by atoms with Gasteiger partial charge in [0.1, 0.15) is 5.56 Å². The smallest absolute Gasteiger partial charge is 0.256 e. The molecule has 0 saturated heterocycles. The molecule has 1 heterocycles. The molecule has 1 aromatic rings. The third-order valence-electron chi connectivity index (χ3n) is 3.45. The molecule has 2 rings (SSSR count). The number of aromatic nitrogens is 1. The summed E-state index contributed by atoms with van der Waals surface area (Å²) >= 11 is 0. The molecule has 4 heteroatoms. The Bertz CT molecular complexity index is 416. The second kappa shape index (κ2) is 5.85. The number of ether oxygens (including phenoxy) is 1. The largest absolute Gasteiger partial charge is 0.474 e. The van der Waals surface area contributed by atoms with Gasteiger partial charge in [0, 0.05) is 13.2 Å². The van der Waals surface area contributed by atoms with Crippen molar-refractivity contribution in [1.82, 2.24) is 10.3 Å². The molecule has 0 bridgehead atoms. The summed E-state index contributed by atoms with van der Waals surface area (Å²) in [6.07, 6.45) is 6.75. The maximum Gasteiger partial charge on any atom is 0.256 e. The monoisotopic (exact) mass is 248 g/mol. The maximum absolute atomic E-state index is 11.7. The van der Waals surface area contributed by atoms with Gasteiger partial charge in [0.05, 0.1) is 6.10 Å². The molecule has 0 radical (unpaired) electrons. The minimum atomic E-state index is -0.158. The molecule has 1 unspecified atom stereocenters. The minimum Gasteiger partial charge on any atom is -0.474 e. The summed E-state index contributed by atoms with van der Waals surface area (Å²) in [4.78, 5) is 15.8. The van der Waals surface area contributed by atoms with Gasteiger partial charge < -0.3 is 10.1 Å². The normalized spacial score (nSPS) is 16.8. The number of nitrogens with zero attached hydrogens (tertiary/aromatic N) is 1. The lowest BCUT2D eigenvalue weighted by atomic mass is 9.82. The van der Waals surface area contributed by atoms with Gasteiger partial charge in [-0.1, -0.05) is 19.3 Å². The number of pyridine rings is 1. The maximum atomic E-state index is 11.7. The first kappa shape index (κ1) is 12.9. The van der Waals surface area contributed by atoms with Gasteiger partial charge in [-0.3, -0.25) is 4.79 Å². The summed E-state index contributed by atoms with van der Waals surface area (Å²) in [5.41, 5.74) is 0.500. The van der Waals surface area contributed by atoms with Crippen LogP contribution in [0.3, 0.4) is 0 Å². The molecule has 1 atom stereocenters. The van der Waals surface area contributed by atoms with E-state index in [4.69, 9.17) is 4.74 Å². The van der Waals surface area contributed by atoms with Crippen LogP contribution in [0.5, 0.6) is 5.88 Å². The first-order chi connectivity index (χ1) is 8.70. The van der Waals surface area contributed by atoms with Crippen molar-refractivity contribution in [2.75, 3.05) is 7.05 Å². The number of amides is 1. The van der Waals surface area contributed by atoms with E-state index in [1.807, 2.05) is 6.92 Å². The summed E-state index contributed by atoms with van der Waals surface area (Å²) < 4.78 is 5.80. The minimum absolute atomic E-state index is 0.105. The van der Waals surface area contributed by atoms with Crippen LogP contribution < -0.4 is 10.1 Å². The quantitative estimate of drug-likeness (QED) is 0.870. The fraction of sp³-hybridized carbons (Fsp3) is 0.571. The first-order valence-corrected chi connectivity index (χ1v) is 6.54. The molecule has 1 aromatic heterocycles. The Labute approximate surface area is 108 Å². The molecule has 0 aliphatic heterocycles. The fourth-order valence-corrected chi connectivity index (χ4v) is 2.23. The lowest BCUT2D eigenvalue weighted by Crippen LogP contribution is -2.24. The lowest BCUT2D eigenvalue weighted by Gasteiger charge is -2.28. The van der Waals surface area contributed by atoms with E-state index in [-0.39, 0.29) is 12.0 Å². The Morgan fingerprint density at radius 2 is 2.39 bits per heavy atom. The van der Waals surface area contributed by atoms with Crippen molar-refractivity contribution in [2.24, 2.45) is 5.92 Å². The highest BCUT2D eigenvalue weighted by Gasteiger charge is 2.22. The molecule has 1 N–H and O–H groups in total. The predicted molar refractivity (Wildman–Crippen MR) is 69.7 cm³/mol.